The van der Waals surface area contributed by atoms with Crippen LogP contribution in [-0.2, 0) is 39.7 Å². The Morgan fingerprint density at radius 2 is 1.33 bits per heavy atom. The van der Waals surface area contributed by atoms with Gasteiger partial charge in [0.1, 0.15) is 30.5 Å². The Balaban J connectivity index is 1.42. The van der Waals surface area contributed by atoms with Crippen molar-refractivity contribution in [2.24, 2.45) is 17.8 Å². The van der Waals surface area contributed by atoms with E-state index >= 15 is 0 Å². The Morgan fingerprint density at radius 1 is 0.687 bits per heavy atom. The molecule has 4 aliphatic rings. The van der Waals surface area contributed by atoms with Crippen molar-refractivity contribution < 1.29 is 105 Å². The molecule has 1 aromatic rings. The second kappa shape index (κ2) is 33.8. The average Bonchev–Trinajstić information content (AvgIpc) is 4.12. The standard InChI is InChI=1S/C59H90N2O21S/c1-34-18-15-13-11-9-7-5-6-8-10-12-14-16-19-41(81-57-54(73)50(52(71)37(4)80-57)61-33-59(77)55(74)53(72)46(68)32-78-59)29-47-49(56(75)60-24-23-42-20-17-25-83-42)45(67)31-58(76,82-47)30-40(64)27-44(66)43(65)22-21-38(62)26-39(63)28-48(69)79-36(3)35(2)51(34)70/h5-20,25,34-41,43-47,49-55,57,61-68,70-74,76-77H,21-24,26-33H2,1-4H3,(H,60,75)/t34-,35?,36-,37+,38+,39+,40-,41-,43+,44+,45-,46+,47?,49?,50-,51+,52+,53-,54-,55-,57-,58+,59+/m0/s1. The van der Waals surface area contributed by atoms with E-state index < -0.39 is 184 Å². The van der Waals surface area contributed by atoms with Crippen molar-refractivity contribution in [3.63, 3.8) is 0 Å². The van der Waals surface area contributed by atoms with E-state index in [0.29, 0.717) is 6.42 Å². The number of ether oxygens (including phenoxy) is 5. The molecule has 0 aliphatic carbocycles. The summed E-state index contributed by atoms with van der Waals surface area (Å²) in [5, 5.41) is 162. The van der Waals surface area contributed by atoms with E-state index in [2.05, 4.69) is 10.6 Å². The molecule has 4 aliphatic heterocycles. The fourth-order valence-electron chi connectivity index (χ4n) is 10.4. The number of hydrogen-bond acceptors (Lipinski definition) is 23. The monoisotopic (exact) mass is 1190 g/mol. The van der Waals surface area contributed by atoms with Crippen molar-refractivity contribution in [2.75, 3.05) is 19.7 Å². The Bertz CT molecular complexity index is 2320. The average molecular weight is 1200 g/mol. The molecule has 3 fully saturated rings. The van der Waals surface area contributed by atoms with Crippen LogP contribution in [0.3, 0.4) is 0 Å². The molecular formula is C59H90N2O21S. The summed E-state index contributed by atoms with van der Waals surface area (Å²) in [5.41, 5.74) is 0. The maximum absolute atomic E-state index is 14.1. The molecule has 24 heteroatoms. The molecule has 0 saturated carbocycles. The largest absolute Gasteiger partial charge is 0.462 e. The molecule has 1 amide bonds. The molecule has 3 unspecified atom stereocenters. The van der Waals surface area contributed by atoms with Crippen LogP contribution in [0.4, 0.5) is 0 Å². The van der Waals surface area contributed by atoms with Crippen LogP contribution in [0.1, 0.15) is 83.9 Å². The van der Waals surface area contributed by atoms with Gasteiger partial charge >= 0.3 is 5.97 Å². The number of cyclic esters (lactones) is 1. The predicted octanol–water partition coefficient (Wildman–Crippen LogP) is -0.520. The predicted molar refractivity (Wildman–Crippen MR) is 303 cm³/mol. The summed E-state index contributed by atoms with van der Waals surface area (Å²) in [7, 11) is 0. The van der Waals surface area contributed by atoms with Crippen molar-refractivity contribution in [2.45, 2.75) is 207 Å². The van der Waals surface area contributed by atoms with Gasteiger partial charge in [-0.2, -0.15) is 0 Å². The highest BCUT2D eigenvalue weighted by molar-refractivity contribution is 7.09. The molecule has 5 rings (SSSR count). The number of nitrogens with one attached hydrogen (secondary N) is 2. The summed E-state index contributed by atoms with van der Waals surface area (Å²) >= 11 is 1.49. The quantitative estimate of drug-likeness (QED) is 0.138. The number of aliphatic hydroxyl groups is 14. The van der Waals surface area contributed by atoms with Gasteiger partial charge in [0.05, 0.1) is 98.7 Å². The van der Waals surface area contributed by atoms with Gasteiger partial charge in [-0.15, -0.1) is 11.3 Å². The SMILES string of the molecule is CC1[C@H](C)OC(=O)C[C@H](O)C[C@H](O)CC[C@@H](O)[C@H](O)C[C@H](O)C[C@]2(O)C[C@H](O)C(C(=O)NCCc3cccs3)C(C[C@@H](O[C@@H]3O[C@H](C)[C@@H](O)[C@H](NC[C@@]4(O)OC[C@@H](O)[C@H](O)[C@@H]4O)[C@@H]3O)C=CC=CC=CC=CC=CC=CC=C[C@H](C)[C@H]1O)O2. The van der Waals surface area contributed by atoms with Gasteiger partial charge in [-0.3, -0.25) is 9.59 Å². The zero-order valence-corrected chi connectivity index (χ0v) is 48.3. The number of amides is 1. The second-order valence-electron chi connectivity index (χ2n) is 22.3. The summed E-state index contributed by atoms with van der Waals surface area (Å²) in [5.74, 6) is -8.37. The van der Waals surface area contributed by atoms with E-state index in [9.17, 15) is 81.1 Å². The van der Waals surface area contributed by atoms with Crippen molar-refractivity contribution >= 4 is 23.2 Å². The molecule has 0 spiro atoms. The molecule has 468 valence electrons. The molecule has 23 atom stereocenters. The molecule has 23 nitrogen and oxygen atoms in total. The lowest BCUT2D eigenvalue weighted by atomic mass is 9.82. The van der Waals surface area contributed by atoms with E-state index in [1.54, 1.807) is 86.8 Å². The van der Waals surface area contributed by atoms with Crippen LogP contribution in [0.5, 0.6) is 0 Å². The second-order valence-corrected chi connectivity index (χ2v) is 23.4. The first-order valence-electron chi connectivity index (χ1n) is 28.5. The first-order valence-corrected chi connectivity index (χ1v) is 29.3. The molecule has 2 bridgehead atoms. The zero-order valence-electron chi connectivity index (χ0n) is 47.5. The number of thiophene rings is 1. The number of fused-ring (bicyclic) bond motifs is 2. The molecule has 0 aromatic carbocycles. The summed E-state index contributed by atoms with van der Waals surface area (Å²) in [6.07, 6.45) is -2.57. The first-order chi connectivity index (χ1) is 39.3. The van der Waals surface area contributed by atoms with Crippen LogP contribution in [0, 0.1) is 17.8 Å². The third kappa shape index (κ3) is 21.8. The maximum Gasteiger partial charge on any atom is 0.308 e. The van der Waals surface area contributed by atoms with E-state index in [1.165, 1.54) is 24.3 Å². The fourth-order valence-corrected chi connectivity index (χ4v) is 11.1. The summed E-state index contributed by atoms with van der Waals surface area (Å²) < 4.78 is 29.5. The van der Waals surface area contributed by atoms with Crippen molar-refractivity contribution in [3.05, 3.63) is 107 Å². The maximum atomic E-state index is 14.1. The molecule has 5 heterocycles. The topological polar surface area (TPSA) is 388 Å². The van der Waals surface area contributed by atoms with Gasteiger partial charge in [0.15, 0.2) is 12.1 Å². The van der Waals surface area contributed by atoms with Crippen LogP contribution in [0.2, 0.25) is 0 Å². The number of rotatable bonds is 9. The van der Waals surface area contributed by atoms with Gasteiger partial charge in [-0.1, -0.05) is 105 Å². The minimum atomic E-state index is -2.47. The smallest absolute Gasteiger partial charge is 0.308 e. The van der Waals surface area contributed by atoms with Crippen LogP contribution in [-0.4, -0.2) is 225 Å². The highest BCUT2D eigenvalue weighted by Gasteiger charge is 2.53. The third-order valence-corrected chi connectivity index (χ3v) is 16.4. The number of carbonyl (C=O) groups excluding carboxylic acids is 2. The normalized spacial score (nSPS) is 41.1. The lowest BCUT2D eigenvalue weighted by molar-refractivity contribution is -0.323. The van der Waals surface area contributed by atoms with Crippen LogP contribution < -0.4 is 10.6 Å². The van der Waals surface area contributed by atoms with Crippen LogP contribution in [0.25, 0.3) is 0 Å². The Morgan fingerprint density at radius 3 is 1.96 bits per heavy atom. The van der Waals surface area contributed by atoms with Gasteiger partial charge in [-0.05, 0) is 51.0 Å². The fraction of sp³-hybridized carbons (Fsp3) is 0.661. The van der Waals surface area contributed by atoms with E-state index in [4.69, 9.17) is 23.7 Å². The third-order valence-electron chi connectivity index (χ3n) is 15.5. The van der Waals surface area contributed by atoms with Crippen molar-refractivity contribution in [3.8, 4) is 0 Å². The molecule has 1 aromatic heterocycles. The van der Waals surface area contributed by atoms with E-state index in [-0.39, 0.29) is 38.1 Å². The summed E-state index contributed by atoms with van der Waals surface area (Å²) in [6.45, 7) is 5.65. The van der Waals surface area contributed by atoms with Gasteiger partial charge in [0.25, 0.3) is 0 Å². The number of esters is 1. The number of carbonyl (C=O) groups is 2. The van der Waals surface area contributed by atoms with Crippen LogP contribution in [0.15, 0.2) is 103 Å². The lowest BCUT2D eigenvalue weighted by Crippen LogP contribution is -2.69. The lowest BCUT2D eigenvalue weighted by Gasteiger charge is -2.47. The minimum Gasteiger partial charge on any atom is -0.462 e. The Kier molecular flexibility index (Phi) is 28.5. The molecular weight excluding hydrogens is 1100 g/mol. The van der Waals surface area contributed by atoms with Crippen molar-refractivity contribution in [1.82, 2.24) is 10.6 Å². The summed E-state index contributed by atoms with van der Waals surface area (Å²) in [6, 6.07) is 2.42. The Hall–Kier alpha value is -3.94. The highest BCUT2D eigenvalue weighted by atomic mass is 32.1. The Labute approximate surface area is 488 Å². The number of allylic oxidation sites excluding steroid dienone is 12. The van der Waals surface area contributed by atoms with Gasteiger partial charge in [-0.25, -0.2) is 0 Å². The molecule has 83 heavy (non-hydrogen) atoms. The zero-order chi connectivity index (χ0) is 61.0. The van der Waals surface area contributed by atoms with E-state index in [1.807, 2.05) is 30.5 Å². The van der Waals surface area contributed by atoms with Gasteiger partial charge in [0, 0.05) is 48.9 Å². The van der Waals surface area contributed by atoms with Crippen LogP contribution >= 0.6 is 11.3 Å². The molecule has 16 N–H and O–H groups in total. The number of aliphatic hydroxyl groups excluding tert-OH is 12. The van der Waals surface area contributed by atoms with Gasteiger partial charge < -0.3 is 106 Å². The van der Waals surface area contributed by atoms with Gasteiger partial charge in [0.2, 0.25) is 11.7 Å². The number of hydrogen-bond donors (Lipinski definition) is 16. The minimum absolute atomic E-state index is 0.130. The van der Waals surface area contributed by atoms with E-state index in [0.717, 1.165) is 4.88 Å². The first kappa shape index (κ1) is 69.8. The molecule has 3 saturated heterocycles. The molecule has 0 radical (unpaired) electrons. The summed E-state index contributed by atoms with van der Waals surface area (Å²) in [4.78, 5) is 27.9. The highest BCUT2D eigenvalue weighted by Crippen LogP contribution is 2.39. The van der Waals surface area contributed by atoms with Crippen molar-refractivity contribution in [1.29, 1.82) is 0 Å².